The smallest absolute Gasteiger partial charge is 0.238 e. The van der Waals surface area contributed by atoms with Crippen LogP contribution in [-0.4, -0.2) is 47.5 Å². The van der Waals surface area contributed by atoms with Crippen molar-refractivity contribution in [2.45, 2.75) is 0 Å². The number of nitrogens with zero attached hydrogens (tertiary/aromatic N) is 3. The van der Waals surface area contributed by atoms with Crippen molar-refractivity contribution in [2.75, 3.05) is 32.1 Å². The number of carbonyl (C=O) groups excluding carboxylic acids is 1. The average Bonchev–Trinajstić information content (AvgIpc) is 2.98. The van der Waals surface area contributed by atoms with Gasteiger partial charge in [0.25, 0.3) is 0 Å². The number of hydrogen-bond acceptors (Lipinski definition) is 5. The van der Waals surface area contributed by atoms with Crippen LogP contribution in [0.3, 0.4) is 0 Å². The fourth-order valence-electron chi connectivity index (χ4n) is 1.66. The third-order valence-electron chi connectivity index (χ3n) is 2.62. The first-order valence-corrected chi connectivity index (χ1v) is 6.24. The highest BCUT2D eigenvalue weighted by atomic mass is 16.5. The van der Waals surface area contributed by atoms with Gasteiger partial charge in [0.05, 0.1) is 18.8 Å². The summed E-state index contributed by atoms with van der Waals surface area (Å²) < 4.78 is 6.66. The first-order valence-electron chi connectivity index (χ1n) is 6.24. The third-order valence-corrected chi connectivity index (χ3v) is 2.62. The number of benzene rings is 1. The first kappa shape index (κ1) is 14.2. The minimum atomic E-state index is -0.0954. The number of nitrogens with one attached hydrogen (secondary N) is 2. The van der Waals surface area contributed by atoms with Crippen LogP contribution in [0.15, 0.2) is 36.9 Å². The summed E-state index contributed by atoms with van der Waals surface area (Å²) in [6, 6.07) is 7.47. The molecule has 0 saturated carbocycles. The van der Waals surface area contributed by atoms with Crippen LogP contribution in [0.2, 0.25) is 0 Å². The van der Waals surface area contributed by atoms with E-state index in [4.69, 9.17) is 4.74 Å². The molecular weight excluding hydrogens is 258 g/mol. The predicted molar refractivity (Wildman–Crippen MR) is 74.7 cm³/mol. The van der Waals surface area contributed by atoms with Gasteiger partial charge in [-0.3, -0.25) is 9.36 Å². The van der Waals surface area contributed by atoms with Gasteiger partial charge in [0.1, 0.15) is 12.7 Å². The SMILES string of the molecule is COCCNCC(=O)Nc1cccc(-n2cnnc2)c1. The van der Waals surface area contributed by atoms with E-state index in [0.717, 1.165) is 11.4 Å². The van der Waals surface area contributed by atoms with Crippen LogP contribution >= 0.6 is 0 Å². The minimum absolute atomic E-state index is 0.0954. The highest BCUT2D eigenvalue weighted by Gasteiger charge is 2.03. The number of carbonyl (C=O) groups is 1. The second kappa shape index (κ2) is 7.37. The molecule has 0 aliphatic heterocycles. The monoisotopic (exact) mass is 275 g/mol. The standard InChI is InChI=1S/C13H17N5O2/c1-20-6-5-14-8-13(19)17-11-3-2-4-12(7-11)18-9-15-16-10-18/h2-4,7,9-10,14H,5-6,8H2,1H3,(H,17,19). The summed E-state index contributed by atoms with van der Waals surface area (Å²) in [5, 5.41) is 13.3. The average molecular weight is 275 g/mol. The summed E-state index contributed by atoms with van der Waals surface area (Å²) in [7, 11) is 1.62. The van der Waals surface area contributed by atoms with Gasteiger partial charge in [-0.15, -0.1) is 10.2 Å². The molecule has 1 heterocycles. The molecule has 2 N–H and O–H groups in total. The summed E-state index contributed by atoms with van der Waals surface area (Å²) in [4.78, 5) is 11.7. The Morgan fingerprint density at radius 2 is 2.15 bits per heavy atom. The van der Waals surface area contributed by atoms with E-state index in [0.29, 0.717) is 13.2 Å². The van der Waals surface area contributed by atoms with Gasteiger partial charge in [-0.05, 0) is 18.2 Å². The molecule has 2 aromatic rings. The zero-order chi connectivity index (χ0) is 14.2. The summed E-state index contributed by atoms with van der Waals surface area (Å²) in [5.74, 6) is -0.0954. The Balaban J connectivity index is 1.90. The number of amides is 1. The van der Waals surface area contributed by atoms with Crippen LogP contribution in [-0.2, 0) is 9.53 Å². The van der Waals surface area contributed by atoms with Crippen molar-refractivity contribution in [3.8, 4) is 5.69 Å². The Bertz CT molecular complexity index is 541. The molecule has 0 aliphatic rings. The van der Waals surface area contributed by atoms with E-state index < -0.39 is 0 Å². The molecule has 0 atom stereocenters. The van der Waals surface area contributed by atoms with E-state index in [1.54, 1.807) is 24.3 Å². The van der Waals surface area contributed by atoms with E-state index in [1.807, 2.05) is 24.3 Å². The van der Waals surface area contributed by atoms with Crippen molar-refractivity contribution in [1.29, 1.82) is 0 Å². The number of methoxy groups -OCH3 is 1. The lowest BCUT2D eigenvalue weighted by Crippen LogP contribution is -2.30. The number of rotatable bonds is 7. The Morgan fingerprint density at radius 3 is 2.90 bits per heavy atom. The number of ether oxygens (including phenoxy) is 1. The molecule has 0 spiro atoms. The molecule has 1 aromatic heterocycles. The number of hydrogen-bond donors (Lipinski definition) is 2. The van der Waals surface area contributed by atoms with Gasteiger partial charge >= 0.3 is 0 Å². The molecule has 7 heteroatoms. The van der Waals surface area contributed by atoms with Crippen molar-refractivity contribution in [2.24, 2.45) is 0 Å². The minimum Gasteiger partial charge on any atom is -0.383 e. The third kappa shape index (κ3) is 4.15. The molecule has 7 nitrogen and oxygen atoms in total. The Hall–Kier alpha value is -2.25. The van der Waals surface area contributed by atoms with E-state index in [9.17, 15) is 4.79 Å². The van der Waals surface area contributed by atoms with Crippen molar-refractivity contribution >= 4 is 11.6 Å². The molecule has 1 amide bonds. The predicted octanol–water partition coefficient (Wildman–Crippen LogP) is 0.442. The molecule has 1 aromatic carbocycles. The van der Waals surface area contributed by atoms with Crippen molar-refractivity contribution < 1.29 is 9.53 Å². The van der Waals surface area contributed by atoms with Gasteiger partial charge < -0.3 is 15.4 Å². The molecule has 0 unspecified atom stereocenters. The van der Waals surface area contributed by atoms with Crippen LogP contribution in [0.25, 0.3) is 5.69 Å². The van der Waals surface area contributed by atoms with Crippen molar-refractivity contribution in [1.82, 2.24) is 20.1 Å². The van der Waals surface area contributed by atoms with Crippen molar-refractivity contribution in [3.63, 3.8) is 0 Å². The van der Waals surface area contributed by atoms with Crippen LogP contribution < -0.4 is 10.6 Å². The topological polar surface area (TPSA) is 81.1 Å². The van der Waals surface area contributed by atoms with E-state index >= 15 is 0 Å². The van der Waals surface area contributed by atoms with E-state index in [-0.39, 0.29) is 12.5 Å². The van der Waals surface area contributed by atoms with Crippen LogP contribution in [0.4, 0.5) is 5.69 Å². The summed E-state index contributed by atoms with van der Waals surface area (Å²) in [6.07, 6.45) is 3.21. The van der Waals surface area contributed by atoms with Crippen LogP contribution in [0, 0.1) is 0 Å². The molecule has 0 radical (unpaired) electrons. The Labute approximate surface area is 117 Å². The highest BCUT2D eigenvalue weighted by Crippen LogP contribution is 2.13. The van der Waals surface area contributed by atoms with Gasteiger partial charge in [-0.1, -0.05) is 6.07 Å². The lowest BCUT2D eigenvalue weighted by Gasteiger charge is -2.08. The van der Waals surface area contributed by atoms with E-state index in [1.165, 1.54) is 0 Å². The van der Waals surface area contributed by atoms with E-state index in [2.05, 4.69) is 20.8 Å². The highest BCUT2D eigenvalue weighted by molar-refractivity contribution is 5.92. The second-order valence-electron chi connectivity index (χ2n) is 4.14. The lowest BCUT2D eigenvalue weighted by atomic mass is 10.2. The maximum atomic E-state index is 11.7. The maximum absolute atomic E-state index is 11.7. The van der Waals surface area contributed by atoms with Gasteiger partial charge in [0.15, 0.2) is 0 Å². The quantitative estimate of drug-likeness (QED) is 0.717. The molecule has 0 saturated heterocycles. The largest absolute Gasteiger partial charge is 0.383 e. The summed E-state index contributed by atoms with van der Waals surface area (Å²) >= 11 is 0. The van der Waals surface area contributed by atoms with Crippen LogP contribution in [0.1, 0.15) is 0 Å². The molecule has 106 valence electrons. The van der Waals surface area contributed by atoms with Gasteiger partial charge in [0.2, 0.25) is 5.91 Å². The van der Waals surface area contributed by atoms with Gasteiger partial charge in [-0.25, -0.2) is 0 Å². The number of anilines is 1. The molecule has 20 heavy (non-hydrogen) atoms. The number of aromatic nitrogens is 3. The molecule has 0 fully saturated rings. The van der Waals surface area contributed by atoms with Crippen molar-refractivity contribution in [3.05, 3.63) is 36.9 Å². The molecule has 2 rings (SSSR count). The lowest BCUT2D eigenvalue weighted by molar-refractivity contribution is -0.115. The normalized spacial score (nSPS) is 10.4. The fraction of sp³-hybridized carbons (Fsp3) is 0.308. The Morgan fingerprint density at radius 1 is 1.35 bits per heavy atom. The fourth-order valence-corrected chi connectivity index (χ4v) is 1.66. The van der Waals surface area contributed by atoms with Crippen LogP contribution in [0.5, 0.6) is 0 Å². The maximum Gasteiger partial charge on any atom is 0.238 e. The Kier molecular flexibility index (Phi) is 5.22. The van der Waals surface area contributed by atoms with Gasteiger partial charge in [-0.2, -0.15) is 0 Å². The summed E-state index contributed by atoms with van der Waals surface area (Å²) in [5.41, 5.74) is 1.62. The molecule has 0 aliphatic carbocycles. The van der Waals surface area contributed by atoms with Gasteiger partial charge in [0, 0.05) is 19.3 Å². The summed E-state index contributed by atoms with van der Waals surface area (Å²) in [6.45, 7) is 1.47. The zero-order valence-electron chi connectivity index (χ0n) is 11.2. The second-order valence-corrected chi connectivity index (χ2v) is 4.14. The first-order chi connectivity index (χ1) is 9.79. The molecular formula is C13H17N5O2. The molecule has 0 bridgehead atoms. The zero-order valence-corrected chi connectivity index (χ0v) is 11.2.